The Labute approximate surface area is 137 Å². The summed E-state index contributed by atoms with van der Waals surface area (Å²) in [6, 6.07) is 5.93. The molecule has 0 unspecified atom stereocenters. The minimum absolute atomic E-state index is 0.0734. The number of fused-ring (bicyclic) bond motifs is 1. The fraction of sp³-hybridized carbons (Fsp3) is 0.579. The second kappa shape index (κ2) is 5.99. The Bertz CT molecular complexity index is 628. The van der Waals surface area contributed by atoms with Crippen LogP contribution in [0.15, 0.2) is 18.2 Å². The molecule has 1 saturated heterocycles. The Morgan fingerprint density at radius 2 is 1.43 bits per heavy atom. The summed E-state index contributed by atoms with van der Waals surface area (Å²) in [4.78, 5) is 29.4. The molecule has 2 fully saturated rings. The zero-order valence-electron chi connectivity index (χ0n) is 13.6. The maximum atomic E-state index is 12.8. The number of amides is 2. The van der Waals surface area contributed by atoms with E-state index < -0.39 is 0 Å². The van der Waals surface area contributed by atoms with Gasteiger partial charge in [-0.25, -0.2) is 0 Å². The molecule has 23 heavy (non-hydrogen) atoms. The lowest BCUT2D eigenvalue weighted by atomic mass is 9.94. The van der Waals surface area contributed by atoms with Crippen molar-refractivity contribution in [3.05, 3.63) is 29.3 Å². The van der Waals surface area contributed by atoms with Gasteiger partial charge in [0.1, 0.15) is 0 Å². The van der Waals surface area contributed by atoms with Crippen molar-refractivity contribution in [3.63, 3.8) is 0 Å². The van der Waals surface area contributed by atoms with Crippen molar-refractivity contribution in [3.8, 4) is 0 Å². The van der Waals surface area contributed by atoms with Crippen LogP contribution in [0.1, 0.15) is 72.1 Å². The van der Waals surface area contributed by atoms with Gasteiger partial charge >= 0.3 is 0 Å². The highest BCUT2D eigenvalue weighted by Gasteiger charge is 2.40. The molecule has 1 aliphatic carbocycles. The number of hydrogen-bond donors (Lipinski definition) is 0. The highest BCUT2D eigenvalue weighted by atomic mass is 16.2. The Kier molecular flexibility index (Phi) is 3.83. The molecule has 3 aliphatic rings. The van der Waals surface area contributed by atoms with E-state index in [1.54, 1.807) is 4.90 Å². The third-order valence-corrected chi connectivity index (χ3v) is 5.56. The molecule has 2 amide bonds. The number of rotatable bonds is 2. The number of anilines is 1. The van der Waals surface area contributed by atoms with Gasteiger partial charge in [-0.3, -0.25) is 14.5 Å². The molecule has 0 bridgehead atoms. The first-order valence-electron chi connectivity index (χ1n) is 9.02. The van der Waals surface area contributed by atoms with Crippen LogP contribution in [-0.2, 0) is 0 Å². The molecule has 0 N–H and O–H groups in total. The molecule has 2 heterocycles. The fourth-order valence-corrected chi connectivity index (χ4v) is 4.27. The van der Waals surface area contributed by atoms with E-state index in [1.807, 2.05) is 18.2 Å². The third-order valence-electron chi connectivity index (χ3n) is 5.56. The number of piperidine rings is 1. The molecule has 0 spiro atoms. The Balaban J connectivity index is 1.62. The van der Waals surface area contributed by atoms with Crippen LogP contribution in [0.25, 0.3) is 0 Å². The van der Waals surface area contributed by atoms with Crippen LogP contribution in [0.5, 0.6) is 0 Å². The lowest BCUT2D eigenvalue weighted by Crippen LogP contribution is -2.40. The van der Waals surface area contributed by atoms with Gasteiger partial charge in [-0.15, -0.1) is 0 Å². The molecule has 1 aromatic rings. The Hall–Kier alpha value is -1.84. The predicted octanol–water partition coefficient (Wildman–Crippen LogP) is 3.61. The van der Waals surface area contributed by atoms with Crippen LogP contribution in [0.4, 0.5) is 5.69 Å². The quantitative estimate of drug-likeness (QED) is 0.783. The highest BCUT2D eigenvalue weighted by Crippen LogP contribution is 2.33. The van der Waals surface area contributed by atoms with Crippen molar-refractivity contribution >= 4 is 17.5 Å². The Morgan fingerprint density at radius 3 is 2.17 bits per heavy atom. The fourth-order valence-electron chi connectivity index (χ4n) is 4.27. The maximum absolute atomic E-state index is 12.8. The maximum Gasteiger partial charge on any atom is 0.261 e. The number of imide groups is 1. The predicted molar refractivity (Wildman–Crippen MR) is 89.9 cm³/mol. The average molecular weight is 312 g/mol. The molecule has 4 heteroatoms. The van der Waals surface area contributed by atoms with E-state index >= 15 is 0 Å². The van der Waals surface area contributed by atoms with E-state index in [9.17, 15) is 9.59 Å². The first-order chi connectivity index (χ1) is 11.3. The van der Waals surface area contributed by atoms with Crippen LogP contribution >= 0.6 is 0 Å². The highest BCUT2D eigenvalue weighted by molar-refractivity contribution is 6.22. The van der Waals surface area contributed by atoms with Crippen molar-refractivity contribution in [2.45, 2.75) is 57.4 Å². The lowest BCUT2D eigenvalue weighted by molar-refractivity contribution is 0.0549. The van der Waals surface area contributed by atoms with Gasteiger partial charge in [0.25, 0.3) is 11.8 Å². The van der Waals surface area contributed by atoms with Gasteiger partial charge < -0.3 is 4.90 Å². The van der Waals surface area contributed by atoms with Crippen molar-refractivity contribution in [2.75, 3.05) is 18.0 Å². The monoisotopic (exact) mass is 312 g/mol. The van der Waals surface area contributed by atoms with Gasteiger partial charge in [0, 0.05) is 24.8 Å². The van der Waals surface area contributed by atoms with E-state index in [0.717, 1.165) is 44.5 Å². The van der Waals surface area contributed by atoms with E-state index in [4.69, 9.17) is 0 Å². The lowest BCUT2D eigenvalue weighted by Gasteiger charge is -2.29. The summed E-state index contributed by atoms with van der Waals surface area (Å²) in [7, 11) is 0. The van der Waals surface area contributed by atoms with Crippen molar-refractivity contribution < 1.29 is 9.59 Å². The van der Waals surface area contributed by atoms with Crippen LogP contribution in [0, 0.1) is 0 Å². The van der Waals surface area contributed by atoms with Crippen molar-refractivity contribution in [1.29, 1.82) is 0 Å². The minimum Gasteiger partial charge on any atom is -0.372 e. The van der Waals surface area contributed by atoms with Gasteiger partial charge in [0.15, 0.2) is 0 Å². The number of carbonyl (C=O) groups is 2. The molecule has 0 radical (unpaired) electrons. The molecular weight excluding hydrogens is 288 g/mol. The zero-order chi connectivity index (χ0) is 15.8. The van der Waals surface area contributed by atoms with E-state index in [1.165, 1.54) is 25.7 Å². The smallest absolute Gasteiger partial charge is 0.261 e. The molecule has 2 aliphatic heterocycles. The largest absolute Gasteiger partial charge is 0.372 e. The molecular formula is C19H24N2O2. The summed E-state index contributed by atoms with van der Waals surface area (Å²) in [6.45, 7) is 2.10. The van der Waals surface area contributed by atoms with Gasteiger partial charge in [0.2, 0.25) is 0 Å². The summed E-state index contributed by atoms with van der Waals surface area (Å²) in [6.07, 6.45) is 9.09. The molecule has 0 aromatic heterocycles. The van der Waals surface area contributed by atoms with Gasteiger partial charge in [-0.1, -0.05) is 19.3 Å². The van der Waals surface area contributed by atoms with Crippen LogP contribution in [-0.4, -0.2) is 35.8 Å². The zero-order valence-corrected chi connectivity index (χ0v) is 13.6. The number of carbonyl (C=O) groups excluding carboxylic acids is 2. The molecule has 0 atom stereocenters. The first-order valence-corrected chi connectivity index (χ1v) is 9.02. The topological polar surface area (TPSA) is 40.6 Å². The molecule has 4 rings (SSSR count). The SMILES string of the molecule is O=C1c2ccc(N3CCCCC3)cc2C(=O)N1C1CCCCC1. The third kappa shape index (κ3) is 2.54. The molecule has 1 aromatic carbocycles. The Morgan fingerprint density at radius 1 is 0.783 bits per heavy atom. The van der Waals surface area contributed by atoms with Crippen LogP contribution in [0.3, 0.4) is 0 Å². The number of hydrogen-bond acceptors (Lipinski definition) is 3. The van der Waals surface area contributed by atoms with Crippen LogP contribution in [0.2, 0.25) is 0 Å². The van der Waals surface area contributed by atoms with Gasteiger partial charge in [-0.05, 0) is 50.3 Å². The first kappa shape index (κ1) is 14.7. The summed E-state index contributed by atoms with van der Waals surface area (Å²) in [5.41, 5.74) is 2.31. The second-order valence-corrected chi connectivity index (χ2v) is 7.05. The standard InChI is InChI=1S/C19H24N2O2/c22-18-16-10-9-15(20-11-5-2-6-12-20)13-17(16)19(23)21(18)14-7-3-1-4-8-14/h9-10,13-14H,1-8,11-12H2. The van der Waals surface area contributed by atoms with Crippen molar-refractivity contribution in [1.82, 2.24) is 4.90 Å². The van der Waals surface area contributed by atoms with Gasteiger partial charge in [-0.2, -0.15) is 0 Å². The number of benzene rings is 1. The van der Waals surface area contributed by atoms with E-state index in [-0.39, 0.29) is 17.9 Å². The van der Waals surface area contributed by atoms with Crippen LogP contribution < -0.4 is 4.90 Å². The number of nitrogens with zero attached hydrogens (tertiary/aromatic N) is 2. The normalized spacial score (nSPS) is 22.6. The average Bonchev–Trinajstić information content (AvgIpc) is 2.87. The summed E-state index contributed by atoms with van der Waals surface area (Å²) in [5.74, 6) is -0.155. The molecule has 4 nitrogen and oxygen atoms in total. The molecule has 1 saturated carbocycles. The van der Waals surface area contributed by atoms with E-state index in [2.05, 4.69) is 4.90 Å². The second-order valence-electron chi connectivity index (χ2n) is 7.05. The molecule has 122 valence electrons. The van der Waals surface area contributed by atoms with Crippen molar-refractivity contribution in [2.24, 2.45) is 0 Å². The minimum atomic E-state index is -0.0814. The van der Waals surface area contributed by atoms with E-state index in [0.29, 0.717) is 11.1 Å². The summed E-state index contributed by atoms with van der Waals surface area (Å²) >= 11 is 0. The summed E-state index contributed by atoms with van der Waals surface area (Å²) < 4.78 is 0. The van der Waals surface area contributed by atoms with Gasteiger partial charge in [0.05, 0.1) is 11.1 Å². The summed E-state index contributed by atoms with van der Waals surface area (Å²) in [5, 5.41) is 0.